The van der Waals surface area contributed by atoms with Crippen molar-refractivity contribution in [3.8, 4) is 0 Å². The molecule has 2 bridgehead atoms. The molecule has 0 spiro atoms. The fraction of sp³-hybridized carbons (Fsp3) is 0.689. The number of thioether (sulfide) groups is 1. The summed E-state index contributed by atoms with van der Waals surface area (Å²) in [6.07, 6.45) is 2.43. The molecule has 1 aromatic rings. The van der Waals surface area contributed by atoms with E-state index in [1.807, 2.05) is 27.7 Å². The Kier molecular flexibility index (Phi) is 53.6. The number of hydrogen-bond donors (Lipinski definition) is 20. The standard InChI is InChI=1S/C60H99N17O14S3.C14H27N3O7/c1-36-32-92-35-50(81)70-42(17-11-12-24-63-47(78)19-13-20-48(79)64-26-21-39(22-27-67-59(4,5)37(2)76-90)23-28-68-60(6,7)38(3)77-91)53(85)74-45-33-93-94-34-46(57(89)73-43(54(86)69-36)29-40-15-9-8-10-16-40)75-55(87)44(30-51(82)83)71-49(80)31-66-52(84)41(72-56(45)88)18-14-25-65-58(61)62;1-12(18)16-2-4-21-6-8-23-9-7-22-5-3-17-14(20)11-24-10-13(15)19/h8-10,15-16,36,39,41-46,67-68,90-91H,11-14,17-35H2,1-7H3,(H,63,78)(H,64,79)(H,66,84)(H,69,86)(H,70,81)(H,71,80)(H,72,88)(H,73,89)(H,74,85)(H,75,87)(H,82,83)(H4,61,62,65);2-11H2,1H3,(H2,15,19)(H,16,18)(H,17,20)/b76-37-,77-38-;/t36-,41+,42+,43+,44+,45+,46+;/m1./s1. The van der Waals surface area contributed by atoms with E-state index in [4.69, 9.17) is 36.1 Å². The van der Waals surface area contributed by atoms with Gasteiger partial charge >= 0.3 is 5.97 Å². The highest BCUT2D eigenvalue weighted by Crippen LogP contribution is 2.25. The highest BCUT2D eigenvalue weighted by atomic mass is 33.1. The molecule has 3 rings (SSSR count). The average molecular weight is 1730 g/mol. The summed E-state index contributed by atoms with van der Waals surface area (Å²) in [6, 6.07) is -0.312. The molecule has 1 aromatic carbocycles. The number of nitrogens with zero attached hydrogens (tertiary/aromatic N) is 3. The first kappa shape index (κ1) is 105. The molecule has 666 valence electrons. The molecule has 118 heavy (non-hydrogen) atoms. The number of rotatable bonds is 46. The van der Waals surface area contributed by atoms with Crippen molar-refractivity contribution >= 4 is 133 Å². The normalized spacial score (nSPS) is 19.6. The van der Waals surface area contributed by atoms with Crippen LogP contribution in [-0.2, 0) is 92.5 Å². The number of amides is 13. The van der Waals surface area contributed by atoms with Gasteiger partial charge in [0, 0.05) is 82.2 Å². The number of guanidine groups is 1. The zero-order chi connectivity index (χ0) is 87.9. The van der Waals surface area contributed by atoms with Gasteiger partial charge < -0.3 is 126 Å². The van der Waals surface area contributed by atoms with Crippen molar-refractivity contribution in [2.75, 3.05) is 128 Å². The lowest BCUT2D eigenvalue weighted by Gasteiger charge is -2.28. The van der Waals surface area contributed by atoms with E-state index in [1.165, 1.54) is 6.92 Å². The van der Waals surface area contributed by atoms with Gasteiger partial charge in [0.25, 0.3) is 0 Å². The van der Waals surface area contributed by atoms with Gasteiger partial charge in [-0.1, -0.05) is 62.2 Å². The third-order valence-corrected chi connectivity index (χ3v) is 21.7. The zero-order valence-corrected chi connectivity index (χ0v) is 71.3. The molecule has 13 amide bonds. The van der Waals surface area contributed by atoms with Crippen molar-refractivity contribution in [1.82, 2.24) is 74.4 Å². The summed E-state index contributed by atoms with van der Waals surface area (Å²) in [5.41, 5.74) is 16.5. The Morgan fingerprint density at radius 1 is 0.534 bits per heavy atom. The largest absolute Gasteiger partial charge is 0.481 e. The molecule has 0 radical (unpaired) electrons. The van der Waals surface area contributed by atoms with Crippen LogP contribution in [-0.4, -0.2) is 297 Å². The number of carbonyl (C=O) groups excluding carboxylic acids is 13. The quantitative estimate of drug-likeness (QED) is 0.00773. The predicted octanol–water partition coefficient (Wildman–Crippen LogP) is -2.98. The maximum absolute atomic E-state index is 14.4. The topological polar surface area (TPSA) is 620 Å². The summed E-state index contributed by atoms with van der Waals surface area (Å²) in [4.78, 5) is 186. The number of benzene rings is 1. The minimum atomic E-state index is -1.75. The summed E-state index contributed by atoms with van der Waals surface area (Å²) in [6.45, 7) is 18.2. The molecule has 7 atom stereocenters. The molecule has 2 fully saturated rings. The lowest BCUT2D eigenvalue weighted by atomic mass is 9.94. The fourth-order valence-corrected chi connectivity index (χ4v) is 14.0. The molecule has 2 aliphatic heterocycles. The second-order valence-electron chi connectivity index (χ2n) is 28.8. The van der Waals surface area contributed by atoms with Gasteiger partial charge in [-0.15, -0.1) is 11.8 Å². The van der Waals surface area contributed by atoms with E-state index < -0.39 is 125 Å². The average Bonchev–Trinajstić information content (AvgIpc) is 1.03. The Bertz CT molecular complexity index is 3380. The van der Waals surface area contributed by atoms with Crippen LogP contribution < -0.4 is 91.6 Å². The second-order valence-corrected chi connectivity index (χ2v) is 32.4. The SMILES string of the molecule is C/C(=N/O)C(C)(C)NCCC(CCNC(=O)CCCC(=O)NCCCC[C@@H]1NC(=O)CSC[C@@H](C)NC(=O)[C@H](Cc2ccccc2)NC(=O)[C@@H]2CSSC[C@H](NC1=O)C(=O)N[C@@H](CCCN=C(N)N)C(=O)NCC(=O)N[C@@H](CC(=O)O)C(=O)N2)CCNC(C)(C)/C(C)=N\O.CC(=O)NCCOCCOCCOCCNC(=O)COCC(N)=O. The molecule has 41 nitrogen and oxygen atoms in total. The number of carboxylic acid groups (broad SMARTS) is 1. The summed E-state index contributed by atoms with van der Waals surface area (Å²) in [5, 5.41) is 73.8. The summed E-state index contributed by atoms with van der Waals surface area (Å²) in [5.74, 6) is -10.2. The molecular weight excluding hydrogens is 1600 g/mol. The third-order valence-electron chi connectivity index (χ3n) is 18.1. The van der Waals surface area contributed by atoms with Crippen LogP contribution in [0, 0.1) is 5.92 Å². The number of fused-ring (bicyclic) bond motifs is 5. The van der Waals surface area contributed by atoms with Crippen molar-refractivity contribution in [2.45, 2.75) is 192 Å². The van der Waals surface area contributed by atoms with Gasteiger partial charge in [0.2, 0.25) is 76.8 Å². The number of oxime groups is 2. The number of nitrogens with one attached hydrogen (secondary N) is 14. The number of aliphatic imine (C=N–C) groups is 1. The Balaban J connectivity index is 0.00000168. The van der Waals surface area contributed by atoms with Crippen LogP contribution in [0.15, 0.2) is 45.6 Å². The molecule has 23 N–H and O–H groups in total. The van der Waals surface area contributed by atoms with Gasteiger partial charge in [0.1, 0.15) is 49.5 Å². The summed E-state index contributed by atoms with van der Waals surface area (Å²) < 4.78 is 20.5. The second kappa shape index (κ2) is 60.3. The van der Waals surface area contributed by atoms with Crippen LogP contribution >= 0.6 is 33.3 Å². The Labute approximate surface area is 700 Å². The zero-order valence-electron chi connectivity index (χ0n) is 68.8. The van der Waals surface area contributed by atoms with E-state index in [0.29, 0.717) is 102 Å². The number of unbranched alkanes of at least 4 members (excludes halogenated alkanes) is 1. The molecule has 44 heteroatoms. The predicted molar refractivity (Wildman–Crippen MR) is 446 cm³/mol. The molecule has 2 aliphatic rings. The van der Waals surface area contributed by atoms with E-state index in [-0.39, 0.29) is 136 Å². The van der Waals surface area contributed by atoms with Crippen LogP contribution in [0.2, 0.25) is 0 Å². The van der Waals surface area contributed by atoms with Gasteiger partial charge in [-0.3, -0.25) is 72.1 Å². The van der Waals surface area contributed by atoms with Gasteiger partial charge in [-0.25, -0.2) is 0 Å². The number of primary amides is 1. The number of nitrogens with two attached hydrogens (primary N) is 3. The van der Waals surface area contributed by atoms with Gasteiger partial charge in [-0.05, 0) is 131 Å². The minimum absolute atomic E-state index is 0.00288. The van der Waals surface area contributed by atoms with Crippen molar-refractivity contribution in [2.24, 2.45) is 38.4 Å². The minimum Gasteiger partial charge on any atom is -0.481 e. The maximum atomic E-state index is 14.4. The smallest absolute Gasteiger partial charge is 0.305 e. The van der Waals surface area contributed by atoms with E-state index in [2.05, 4.69) is 89.7 Å². The van der Waals surface area contributed by atoms with E-state index in [1.54, 1.807) is 51.1 Å². The van der Waals surface area contributed by atoms with E-state index in [0.717, 1.165) is 46.2 Å². The van der Waals surface area contributed by atoms with Crippen molar-refractivity contribution in [3.05, 3.63) is 35.9 Å². The highest BCUT2D eigenvalue weighted by molar-refractivity contribution is 8.76. The Morgan fingerprint density at radius 3 is 1.58 bits per heavy atom. The molecule has 2 saturated heterocycles. The highest BCUT2D eigenvalue weighted by Gasteiger charge is 2.35. The Morgan fingerprint density at radius 2 is 1.03 bits per heavy atom. The number of hydrogen-bond acceptors (Lipinski definition) is 28. The van der Waals surface area contributed by atoms with Crippen molar-refractivity contribution in [1.29, 1.82) is 0 Å². The van der Waals surface area contributed by atoms with Gasteiger partial charge in [-0.2, -0.15) is 0 Å². The van der Waals surface area contributed by atoms with Crippen LogP contribution in [0.1, 0.15) is 138 Å². The lowest BCUT2D eigenvalue weighted by Crippen LogP contribution is -2.59. The van der Waals surface area contributed by atoms with Crippen LogP contribution in [0.5, 0.6) is 0 Å². The number of aliphatic carboxylic acids is 1. The molecule has 2 heterocycles. The van der Waals surface area contributed by atoms with Crippen molar-refractivity contribution in [3.63, 3.8) is 0 Å². The monoisotopic (exact) mass is 1730 g/mol. The van der Waals surface area contributed by atoms with Crippen LogP contribution in [0.3, 0.4) is 0 Å². The molecule has 0 saturated carbocycles. The van der Waals surface area contributed by atoms with Gasteiger partial charge in [0.05, 0.1) is 80.9 Å². The van der Waals surface area contributed by atoms with Crippen molar-refractivity contribution < 1.29 is 102 Å². The van der Waals surface area contributed by atoms with E-state index in [9.17, 15) is 82.6 Å². The molecule has 0 unspecified atom stereocenters. The maximum Gasteiger partial charge on any atom is 0.305 e. The summed E-state index contributed by atoms with van der Waals surface area (Å²) >= 11 is 1.14. The van der Waals surface area contributed by atoms with Crippen LogP contribution in [0.25, 0.3) is 0 Å². The van der Waals surface area contributed by atoms with Crippen LogP contribution in [0.4, 0.5) is 0 Å². The first-order valence-electron chi connectivity index (χ1n) is 39.1. The van der Waals surface area contributed by atoms with E-state index >= 15 is 0 Å². The third kappa shape index (κ3) is 49.3. The Hall–Kier alpha value is -9.18. The number of ether oxygens (including phenoxy) is 4. The summed E-state index contributed by atoms with van der Waals surface area (Å²) in [7, 11) is 1.94. The first-order valence-corrected chi connectivity index (χ1v) is 42.7. The molecule has 0 aromatic heterocycles. The number of carbonyl (C=O) groups is 14. The van der Waals surface area contributed by atoms with Gasteiger partial charge in [0.15, 0.2) is 5.96 Å². The number of carboxylic acids is 1. The molecular formula is C74H126N20O21S3. The molecule has 0 aliphatic carbocycles. The fourth-order valence-electron chi connectivity index (χ4n) is 10.9. The first-order chi connectivity index (χ1) is 56.0. The lowest BCUT2D eigenvalue weighted by molar-refractivity contribution is -0.141.